The van der Waals surface area contributed by atoms with E-state index >= 15 is 0 Å². The van der Waals surface area contributed by atoms with Gasteiger partial charge in [-0.1, -0.05) is 146 Å². The lowest BCUT2D eigenvalue weighted by molar-refractivity contribution is 0.670. The molecule has 0 bridgehead atoms. The molecule has 0 saturated heterocycles. The zero-order chi connectivity index (χ0) is 31.9. The monoisotopic (exact) mass is 613 g/mol. The van der Waals surface area contributed by atoms with Crippen LogP contribution in [-0.2, 0) is 0 Å². The molecule has 0 unspecified atom stereocenters. The van der Waals surface area contributed by atoms with Gasteiger partial charge in [0.1, 0.15) is 11.2 Å². The Kier molecular flexibility index (Phi) is 6.84. The highest BCUT2D eigenvalue weighted by Gasteiger charge is 2.21. The molecule has 0 aliphatic rings. The Morgan fingerprint density at radius 2 is 0.958 bits per heavy atom. The second-order valence-corrected chi connectivity index (χ2v) is 12.1. The molecule has 0 aliphatic carbocycles. The van der Waals surface area contributed by atoms with Gasteiger partial charge in [0.05, 0.1) is 5.69 Å². The van der Waals surface area contributed by atoms with E-state index in [0.717, 1.165) is 50.1 Å². The first-order valence-corrected chi connectivity index (χ1v) is 16.4. The van der Waals surface area contributed by atoms with Gasteiger partial charge in [-0.15, -0.1) is 0 Å². The normalized spacial score (nSPS) is 11.3. The van der Waals surface area contributed by atoms with Crippen LogP contribution in [0.4, 0.5) is 17.1 Å². The van der Waals surface area contributed by atoms with Crippen LogP contribution in [0.5, 0.6) is 0 Å². The van der Waals surface area contributed by atoms with Gasteiger partial charge in [-0.2, -0.15) is 0 Å². The summed E-state index contributed by atoms with van der Waals surface area (Å²) in [6.45, 7) is 0. The summed E-state index contributed by atoms with van der Waals surface area (Å²) in [5.41, 5.74) is 12.1. The Bertz CT molecular complexity index is 2530. The van der Waals surface area contributed by atoms with Crippen molar-refractivity contribution in [3.8, 4) is 33.4 Å². The summed E-state index contributed by atoms with van der Waals surface area (Å²) < 4.78 is 6.73. The first-order valence-electron chi connectivity index (χ1n) is 16.4. The van der Waals surface area contributed by atoms with E-state index < -0.39 is 0 Å². The zero-order valence-corrected chi connectivity index (χ0v) is 26.3. The Balaban J connectivity index is 1.28. The second kappa shape index (κ2) is 11.8. The SMILES string of the molecule is c1ccc(-c2ccc(N(c3ccc4oc5c(-c6ccccc6)c6ccccc6cc5c4c3)c3ccccc3-c3ccccc3)cc2)cc1. The average molecular weight is 614 g/mol. The molecular formula is C46H31NO. The number of hydrogen-bond donors (Lipinski definition) is 0. The van der Waals surface area contributed by atoms with Gasteiger partial charge < -0.3 is 9.32 Å². The topological polar surface area (TPSA) is 16.4 Å². The third kappa shape index (κ3) is 4.83. The largest absolute Gasteiger partial charge is 0.455 e. The second-order valence-electron chi connectivity index (χ2n) is 12.1. The Morgan fingerprint density at radius 3 is 1.71 bits per heavy atom. The van der Waals surface area contributed by atoms with Crippen molar-refractivity contribution in [1.29, 1.82) is 0 Å². The van der Waals surface area contributed by atoms with E-state index in [0.29, 0.717) is 0 Å². The quantitative estimate of drug-likeness (QED) is 0.185. The third-order valence-corrected chi connectivity index (χ3v) is 9.25. The van der Waals surface area contributed by atoms with Crippen LogP contribution >= 0.6 is 0 Å². The van der Waals surface area contributed by atoms with Crippen LogP contribution < -0.4 is 4.90 Å². The summed E-state index contributed by atoms with van der Waals surface area (Å²) in [4.78, 5) is 2.37. The summed E-state index contributed by atoms with van der Waals surface area (Å²) in [6.07, 6.45) is 0. The van der Waals surface area contributed by atoms with Crippen molar-refractivity contribution < 1.29 is 4.42 Å². The molecular weight excluding hydrogens is 583 g/mol. The summed E-state index contributed by atoms with van der Waals surface area (Å²) in [6, 6.07) is 66.8. The van der Waals surface area contributed by atoms with Crippen molar-refractivity contribution in [2.45, 2.75) is 0 Å². The third-order valence-electron chi connectivity index (χ3n) is 9.25. The number of anilines is 3. The predicted molar refractivity (Wildman–Crippen MR) is 202 cm³/mol. The fourth-order valence-corrected chi connectivity index (χ4v) is 6.98. The number of hydrogen-bond acceptors (Lipinski definition) is 2. The highest BCUT2D eigenvalue weighted by molar-refractivity contribution is 6.18. The summed E-state index contributed by atoms with van der Waals surface area (Å²) in [7, 11) is 0. The van der Waals surface area contributed by atoms with Crippen molar-refractivity contribution >= 4 is 49.8 Å². The summed E-state index contributed by atoms with van der Waals surface area (Å²) in [5.74, 6) is 0. The van der Waals surface area contributed by atoms with E-state index in [2.05, 4.69) is 193 Å². The minimum Gasteiger partial charge on any atom is -0.455 e. The van der Waals surface area contributed by atoms with Gasteiger partial charge in [0.15, 0.2) is 0 Å². The van der Waals surface area contributed by atoms with Crippen molar-refractivity contribution in [2.24, 2.45) is 0 Å². The molecule has 2 nitrogen and oxygen atoms in total. The molecule has 0 amide bonds. The number of rotatable bonds is 6. The molecule has 1 aromatic heterocycles. The lowest BCUT2D eigenvalue weighted by atomic mass is 9.95. The molecule has 9 rings (SSSR count). The number of benzene rings is 8. The van der Waals surface area contributed by atoms with Gasteiger partial charge in [-0.05, 0) is 75.5 Å². The predicted octanol–water partition coefficient (Wildman–Crippen LogP) is 13.2. The first kappa shape index (κ1) is 27.9. The fraction of sp³-hybridized carbons (Fsp3) is 0. The van der Waals surface area contributed by atoms with Gasteiger partial charge in [-0.25, -0.2) is 0 Å². The molecule has 226 valence electrons. The van der Waals surface area contributed by atoms with E-state index in [1.54, 1.807) is 0 Å². The molecule has 48 heavy (non-hydrogen) atoms. The minimum absolute atomic E-state index is 0.872. The maximum Gasteiger partial charge on any atom is 0.143 e. The van der Waals surface area contributed by atoms with E-state index in [-0.39, 0.29) is 0 Å². The number of nitrogens with zero attached hydrogens (tertiary/aromatic N) is 1. The lowest BCUT2D eigenvalue weighted by Gasteiger charge is -2.28. The summed E-state index contributed by atoms with van der Waals surface area (Å²) >= 11 is 0. The zero-order valence-electron chi connectivity index (χ0n) is 26.3. The molecule has 0 aliphatic heterocycles. The standard InChI is InChI=1S/C46H31NO/c1-4-14-32(15-5-1)33-24-26-37(27-25-33)47(43-23-13-12-21-39(43)34-16-6-2-7-17-34)38-28-29-44-41(31-38)42-30-36-20-10-11-22-40(36)45(46(42)48-44)35-18-8-3-9-19-35/h1-31H. The van der Waals surface area contributed by atoms with Gasteiger partial charge in [-0.3, -0.25) is 0 Å². The van der Waals surface area contributed by atoms with Gasteiger partial charge >= 0.3 is 0 Å². The molecule has 9 aromatic rings. The van der Waals surface area contributed by atoms with Crippen LogP contribution in [0.2, 0.25) is 0 Å². The molecule has 0 N–H and O–H groups in total. The molecule has 0 fully saturated rings. The number of para-hydroxylation sites is 1. The summed E-state index contributed by atoms with van der Waals surface area (Å²) in [5, 5.41) is 4.58. The Labute approximate surface area is 279 Å². The van der Waals surface area contributed by atoms with Crippen LogP contribution in [0.15, 0.2) is 192 Å². The fourth-order valence-electron chi connectivity index (χ4n) is 6.98. The highest BCUT2D eigenvalue weighted by atomic mass is 16.3. The van der Waals surface area contributed by atoms with Crippen LogP contribution in [-0.4, -0.2) is 0 Å². The van der Waals surface area contributed by atoms with Crippen LogP contribution in [0.1, 0.15) is 0 Å². The van der Waals surface area contributed by atoms with Gasteiger partial charge in [0, 0.05) is 33.3 Å². The van der Waals surface area contributed by atoms with E-state index in [1.807, 2.05) is 0 Å². The van der Waals surface area contributed by atoms with Crippen molar-refractivity contribution in [1.82, 2.24) is 0 Å². The molecule has 1 heterocycles. The molecule has 0 saturated carbocycles. The molecule has 0 radical (unpaired) electrons. The lowest BCUT2D eigenvalue weighted by Crippen LogP contribution is -2.11. The Morgan fingerprint density at radius 1 is 0.375 bits per heavy atom. The molecule has 2 heteroatoms. The molecule has 8 aromatic carbocycles. The number of furan rings is 1. The Hall–Kier alpha value is -6.38. The maximum absolute atomic E-state index is 6.73. The average Bonchev–Trinajstić information content (AvgIpc) is 3.53. The van der Waals surface area contributed by atoms with Gasteiger partial charge in [0.25, 0.3) is 0 Å². The van der Waals surface area contributed by atoms with Crippen molar-refractivity contribution in [2.75, 3.05) is 4.90 Å². The highest BCUT2D eigenvalue weighted by Crippen LogP contribution is 2.45. The molecule has 0 spiro atoms. The van der Waals surface area contributed by atoms with Crippen LogP contribution in [0.25, 0.3) is 66.1 Å². The van der Waals surface area contributed by atoms with E-state index in [9.17, 15) is 0 Å². The van der Waals surface area contributed by atoms with Crippen LogP contribution in [0, 0.1) is 0 Å². The van der Waals surface area contributed by atoms with Crippen molar-refractivity contribution in [3.63, 3.8) is 0 Å². The minimum atomic E-state index is 0.872. The molecule has 0 atom stereocenters. The number of fused-ring (bicyclic) bond motifs is 4. The van der Waals surface area contributed by atoms with E-state index in [1.165, 1.54) is 33.0 Å². The van der Waals surface area contributed by atoms with Crippen LogP contribution in [0.3, 0.4) is 0 Å². The van der Waals surface area contributed by atoms with Crippen molar-refractivity contribution in [3.05, 3.63) is 188 Å². The smallest absolute Gasteiger partial charge is 0.143 e. The van der Waals surface area contributed by atoms with E-state index in [4.69, 9.17) is 4.42 Å². The first-order chi connectivity index (χ1) is 23.8. The van der Waals surface area contributed by atoms with Gasteiger partial charge in [0.2, 0.25) is 0 Å². The maximum atomic E-state index is 6.73.